The summed E-state index contributed by atoms with van der Waals surface area (Å²) in [7, 11) is 1.79. The number of benzene rings is 1. The van der Waals surface area contributed by atoms with Crippen molar-refractivity contribution in [1.29, 1.82) is 0 Å². The summed E-state index contributed by atoms with van der Waals surface area (Å²) in [4.78, 5) is 21.6. The summed E-state index contributed by atoms with van der Waals surface area (Å²) >= 11 is 0. The molecule has 1 amide bonds. The minimum absolute atomic E-state index is 0.206. The van der Waals surface area contributed by atoms with Crippen molar-refractivity contribution < 1.29 is 22.7 Å². The summed E-state index contributed by atoms with van der Waals surface area (Å²) in [6.45, 7) is 8.47. The van der Waals surface area contributed by atoms with Gasteiger partial charge in [0.15, 0.2) is 0 Å². The van der Waals surface area contributed by atoms with Gasteiger partial charge in [0.25, 0.3) is 5.91 Å². The molecular weight excluding hydrogens is 433 g/mol. The molecule has 0 spiro atoms. The maximum absolute atomic E-state index is 13.2. The third kappa shape index (κ3) is 6.07. The fourth-order valence-electron chi connectivity index (χ4n) is 4.85. The van der Waals surface area contributed by atoms with Crippen LogP contribution in [0.25, 0.3) is 0 Å². The number of piperidine rings is 1. The zero-order chi connectivity index (χ0) is 23.8. The van der Waals surface area contributed by atoms with Gasteiger partial charge in [-0.3, -0.25) is 4.79 Å². The second-order valence-corrected chi connectivity index (χ2v) is 9.74. The number of halogens is 3. The molecule has 33 heavy (non-hydrogen) atoms. The van der Waals surface area contributed by atoms with Gasteiger partial charge in [-0.15, -0.1) is 13.2 Å². The first-order valence-electron chi connectivity index (χ1n) is 11.4. The molecule has 1 saturated carbocycles. The van der Waals surface area contributed by atoms with E-state index in [4.69, 9.17) is 0 Å². The van der Waals surface area contributed by atoms with Gasteiger partial charge in [0.05, 0.1) is 6.33 Å². The van der Waals surface area contributed by atoms with E-state index in [1.54, 1.807) is 35.1 Å². The zero-order valence-electron chi connectivity index (χ0n) is 19.3. The first kappa shape index (κ1) is 23.6. The number of carbonyl (C=O) groups excluding carboxylic acids is 1. The molecule has 2 unspecified atom stereocenters. The molecule has 1 aromatic carbocycles. The molecule has 2 heterocycles. The fourth-order valence-corrected chi connectivity index (χ4v) is 4.85. The van der Waals surface area contributed by atoms with Gasteiger partial charge in [0.1, 0.15) is 11.4 Å². The van der Waals surface area contributed by atoms with Gasteiger partial charge in [-0.05, 0) is 54.3 Å². The van der Waals surface area contributed by atoms with E-state index in [0.717, 1.165) is 19.6 Å². The normalized spacial score (nSPS) is 22.5. The average molecular weight is 465 g/mol. The largest absolute Gasteiger partial charge is 0.573 e. The topological polar surface area (TPSA) is 50.6 Å². The number of nitrogens with zero attached hydrogens (tertiary/aromatic N) is 4. The first-order valence-corrected chi connectivity index (χ1v) is 11.4. The zero-order valence-corrected chi connectivity index (χ0v) is 19.3. The lowest BCUT2D eigenvalue weighted by Gasteiger charge is -2.25. The number of rotatable bonds is 9. The van der Waals surface area contributed by atoms with Gasteiger partial charge in [0, 0.05) is 39.4 Å². The Labute approximate surface area is 192 Å². The minimum atomic E-state index is -4.75. The minimum Gasteiger partial charge on any atom is -0.406 e. The first-order chi connectivity index (χ1) is 15.6. The molecule has 2 fully saturated rings. The number of imidazole rings is 1. The van der Waals surface area contributed by atoms with Crippen LogP contribution in [0.15, 0.2) is 36.8 Å². The van der Waals surface area contributed by atoms with Crippen molar-refractivity contribution in [3.63, 3.8) is 0 Å². The highest BCUT2D eigenvalue weighted by atomic mass is 19.4. The Morgan fingerprint density at radius 3 is 2.61 bits per heavy atom. The van der Waals surface area contributed by atoms with Crippen molar-refractivity contribution in [1.82, 2.24) is 19.4 Å². The van der Waals surface area contributed by atoms with Crippen LogP contribution >= 0.6 is 0 Å². The van der Waals surface area contributed by atoms with E-state index in [-0.39, 0.29) is 18.2 Å². The number of fused-ring (bicyclic) bond motifs is 1. The molecule has 1 aromatic heterocycles. The number of likely N-dealkylation sites (tertiary alicyclic amines) is 1. The Kier molecular flexibility index (Phi) is 6.70. The van der Waals surface area contributed by atoms with Gasteiger partial charge >= 0.3 is 6.36 Å². The summed E-state index contributed by atoms with van der Waals surface area (Å²) in [5.74, 6) is 1.77. The highest BCUT2D eigenvalue weighted by molar-refractivity contribution is 5.92. The van der Waals surface area contributed by atoms with E-state index in [0.29, 0.717) is 41.5 Å². The van der Waals surface area contributed by atoms with E-state index < -0.39 is 6.36 Å². The highest BCUT2D eigenvalue weighted by Crippen LogP contribution is 2.52. The summed E-state index contributed by atoms with van der Waals surface area (Å²) in [5, 5.41) is 0. The van der Waals surface area contributed by atoms with Crippen LogP contribution in [-0.4, -0.2) is 57.8 Å². The molecule has 0 bridgehead atoms. The van der Waals surface area contributed by atoms with E-state index in [9.17, 15) is 18.0 Å². The highest BCUT2D eigenvalue weighted by Gasteiger charge is 2.55. The van der Waals surface area contributed by atoms with E-state index in [2.05, 4.69) is 28.5 Å². The maximum atomic E-state index is 13.2. The molecule has 4 rings (SSSR count). The van der Waals surface area contributed by atoms with Gasteiger partial charge in [-0.2, -0.15) is 0 Å². The van der Waals surface area contributed by atoms with E-state index in [1.165, 1.54) is 24.6 Å². The fraction of sp³-hybridized carbons (Fsp3) is 0.583. The SMILES string of the molecule is CC(C)CCN1CC2C(C1)C2CN(Cc1cccc(OC(F)(F)F)c1)C(=O)c1cn(C)cn1. The predicted octanol–water partition coefficient (Wildman–Crippen LogP) is 4.19. The van der Waals surface area contributed by atoms with Crippen LogP contribution in [0.5, 0.6) is 5.75 Å². The molecule has 2 aromatic rings. The molecule has 9 heteroatoms. The summed E-state index contributed by atoms with van der Waals surface area (Å²) in [6.07, 6.45) is -0.332. The lowest BCUT2D eigenvalue weighted by atomic mass is 10.1. The van der Waals surface area contributed by atoms with Crippen LogP contribution in [0.4, 0.5) is 13.2 Å². The Bertz CT molecular complexity index is 963. The molecule has 180 valence electrons. The van der Waals surface area contributed by atoms with Crippen LogP contribution in [0.1, 0.15) is 36.3 Å². The Balaban J connectivity index is 1.43. The van der Waals surface area contributed by atoms with Crippen LogP contribution in [0.2, 0.25) is 0 Å². The number of carbonyl (C=O) groups is 1. The Hall–Kier alpha value is -2.55. The smallest absolute Gasteiger partial charge is 0.406 e. The molecule has 1 aliphatic heterocycles. The Morgan fingerprint density at radius 1 is 1.27 bits per heavy atom. The van der Waals surface area contributed by atoms with Gasteiger partial charge < -0.3 is 19.1 Å². The van der Waals surface area contributed by atoms with Gasteiger partial charge in [-0.25, -0.2) is 4.98 Å². The quantitative estimate of drug-likeness (QED) is 0.559. The van der Waals surface area contributed by atoms with E-state index >= 15 is 0 Å². The van der Waals surface area contributed by atoms with Crippen molar-refractivity contribution in [2.45, 2.75) is 33.2 Å². The van der Waals surface area contributed by atoms with Crippen LogP contribution in [0, 0.1) is 23.7 Å². The number of aryl methyl sites for hydroxylation is 1. The molecule has 6 nitrogen and oxygen atoms in total. The predicted molar refractivity (Wildman–Crippen MR) is 117 cm³/mol. The number of aromatic nitrogens is 2. The monoisotopic (exact) mass is 464 g/mol. The van der Waals surface area contributed by atoms with Crippen molar-refractivity contribution >= 4 is 5.91 Å². The number of hydrogen-bond acceptors (Lipinski definition) is 4. The molecule has 2 aliphatic rings. The van der Waals surface area contributed by atoms with Crippen LogP contribution in [-0.2, 0) is 13.6 Å². The van der Waals surface area contributed by atoms with E-state index in [1.807, 2.05) is 0 Å². The molecule has 0 radical (unpaired) electrons. The van der Waals surface area contributed by atoms with Crippen molar-refractivity contribution in [2.24, 2.45) is 30.7 Å². The van der Waals surface area contributed by atoms with Crippen molar-refractivity contribution in [3.05, 3.63) is 48.0 Å². The van der Waals surface area contributed by atoms with Gasteiger partial charge in [-0.1, -0.05) is 26.0 Å². The number of ether oxygens (including phenoxy) is 1. The third-order valence-corrected chi connectivity index (χ3v) is 6.62. The lowest BCUT2D eigenvalue weighted by Crippen LogP contribution is -2.35. The lowest BCUT2D eigenvalue weighted by molar-refractivity contribution is -0.274. The van der Waals surface area contributed by atoms with Gasteiger partial charge in [0.2, 0.25) is 0 Å². The Morgan fingerprint density at radius 2 is 2.00 bits per heavy atom. The maximum Gasteiger partial charge on any atom is 0.573 e. The van der Waals surface area contributed by atoms with Crippen LogP contribution in [0.3, 0.4) is 0 Å². The third-order valence-electron chi connectivity index (χ3n) is 6.62. The van der Waals surface area contributed by atoms with Crippen molar-refractivity contribution in [2.75, 3.05) is 26.2 Å². The average Bonchev–Trinajstić information content (AvgIpc) is 3.08. The molecule has 0 N–H and O–H groups in total. The molecule has 1 saturated heterocycles. The van der Waals surface area contributed by atoms with Crippen molar-refractivity contribution in [3.8, 4) is 5.75 Å². The van der Waals surface area contributed by atoms with Crippen LogP contribution < -0.4 is 4.74 Å². The second-order valence-electron chi connectivity index (χ2n) is 9.74. The number of alkyl halides is 3. The number of amides is 1. The summed E-state index contributed by atoms with van der Waals surface area (Å²) < 4.78 is 43.6. The standard InChI is InChI=1S/C24H31F3N4O2/c1-16(2)7-8-30-11-19-20(12-30)21(19)13-31(23(32)22-14-29(3)15-28-22)10-17-5-4-6-18(9-17)33-24(25,26)27/h4-6,9,14-16,19-21H,7-8,10-13H2,1-3H3. The second kappa shape index (κ2) is 9.37. The summed E-state index contributed by atoms with van der Waals surface area (Å²) in [6, 6.07) is 5.83. The molecule has 1 aliphatic carbocycles. The molecule has 2 atom stereocenters. The summed E-state index contributed by atoms with van der Waals surface area (Å²) in [5.41, 5.74) is 0.926. The molecular formula is C24H31F3N4O2. The number of hydrogen-bond donors (Lipinski definition) is 0.